The summed E-state index contributed by atoms with van der Waals surface area (Å²) < 4.78 is 0. The number of hydrogen-bond donors (Lipinski definition) is 2. The summed E-state index contributed by atoms with van der Waals surface area (Å²) in [7, 11) is 1.63. The van der Waals surface area contributed by atoms with E-state index in [9.17, 15) is 9.59 Å². The van der Waals surface area contributed by atoms with Gasteiger partial charge in [-0.3, -0.25) is 4.79 Å². The lowest BCUT2D eigenvalue weighted by Crippen LogP contribution is -2.47. The zero-order valence-electron chi connectivity index (χ0n) is 13.0. The molecule has 0 spiro atoms. The molecule has 2 amide bonds. The fourth-order valence-corrected chi connectivity index (χ4v) is 2.88. The molecule has 5 nitrogen and oxygen atoms in total. The smallest absolute Gasteiger partial charge is 0.317 e. The minimum absolute atomic E-state index is 0.0287. The van der Waals surface area contributed by atoms with Gasteiger partial charge in [-0.1, -0.05) is 36.8 Å². The normalized spacial score (nSPS) is 15.7. The van der Waals surface area contributed by atoms with Crippen LogP contribution in [0.15, 0.2) is 30.3 Å². The summed E-state index contributed by atoms with van der Waals surface area (Å²) >= 11 is 0. The van der Waals surface area contributed by atoms with Gasteiger partial charge in [0.25, 0.3) is 0 Å². The highest BCUT2D eigenvalue weighted by molar-refractivity contribution is 5.75. The number of carboxylic acid groups (broad SMARTS) is 1. The van der Waals surface area contributed by atoms with E-state index < -0.39 is 5.97 Å². The largest absolute Gasteiger partial charge is 0.481 e. The molecule has 120 valence electrons. The van der Waals surface area contributed by atoms with E-state index in [1.165, 1.54) is 16.9 Å². The van der Waals surface area contributed by atoms with Crippen molar-refractivity contribution in [2.75, 3.05) is 20.1 Å². The SMILES string of the molecule is CN(CCC(=O)O)C(=O)NCC1(Cc2ccccc2)CCC1. The molecule has 5 heteroatoms. The van der Waals surface area contributed by atoms with Gasteiger partial charge in [-0.25, -0.2) is 4.79 Å². The van der Waals surface area contributed by atoms with Crippen LogP contribution in [0, 0.1) is 5.41 Å². The van der Waals surface area contributed by atoms with Crippen LogP contribution in [0.4, 0.5) is 4.79 Å². The predicted molar refractivity (Wildman–Crippen MR) is 84.7 cm³/mol. The molecule has 1 aliphatic carbocycles. The van der Waals surface area contributed by atoms with Crippen LogP contribution >= 0.6 is 0 Å². The van der Waals surface area contributed by atoms with Gasteiger partial charge in [-0.15, -0.1) is 0 Å². The Morgan fingerprint density at radius 2 is 1.95 bits per heavy atom. The maximum atomic E-state index is 12.0. The van der Waals surface area contributed by atoms with E-state index in [2.05, 4.69) is 17.4 Å². The van der Waals surface area contributed by atoms with Crippen LogP contribution in [0.5, 0.6) is 0 Å². The molecule has 0 aliphatic heterocycles. The van der Waals surface area contributed by atoms with Crippen molar-refractivity contribution in [3.63, 3.8) is 0 Å². The molecule has 2 rings (SSSR count). The van der Waals surface area contributed by atoms with Gasteiger partial charge in [-0.05, 0) is 30.2 Å². The van der Waals surface area contributed by atoms with Crippen molar-refractivity contribution < 1.29 is 14.7 Å². The van der Waals surface area contributed by atoms with Gasteiger partial charge in [0.05, 0.1) is 6.42 Å². The van der Waals surface area contributed by atoms with Gasteiger partial charge in [0.1, 0.15) is 0 Å². The van der Waals surface area contributed by atoms with Crippen LogP contribution in [0.1, 0.15) is 31.2 Å². The van der Waals surface area contributed by atoms with Crippen molar-refractivity contribution in [1.29, 1.82) is 0 Å². The number of carbonyl (C=O) groups is 2. The van der Waals surface area contributed by atoms with Crippen molar-refractivity contribution in [1.82, 2.24) is 10.2 Å². The lowest BCUT2D eigenvalue weighted by Gasteiger charge is -2.42. The second-order valence-electron chi connectivity index (χ2n) is 6.24. The maximum Gasteiger partial charge on any atom is 0.317 e. The number of rotatable bonds is 7. The van der Waals surface area contributed by atoms with E-state index in [1.54, 1.807) is 7.05 Å². The van der Waals surface area contributed by atoms with Gasteiger partial charge in [-0.2, -0.15) is 0 Å². The first-order valence-electron chi connectivity index (χ1n) is 7.75. The molecule has 1 fully saturated rings. The molecule has 0 radical (unpaired) electrons. The Balaban J connectivity index is 1.83. The number of carbonyl (C=O) groups excluding carboxylic acids is 1. The van der Waals surface area contributed by atoms with E-state index in [4.69, 9.17) is 5.11 Å². The van der Waals surface area contributed by atoms with Crippen molar-refractivity contribution in [2.24, 2.45) is 5.41 Å². The van der Waals surface area contributed by atoms with Crippen LogP contribution in [-0.4, -0.2) is 42.1 Å². The van der Waals surface area contributed by atoms with Crippen LogP contribution in [-0.2, 0) is 11.2 Å². The Bertz CT molecular complexity index is 512. The number of nitrogens with one attached hydrogen (secondary N) is 1. The van der Waals surface area contributed by atoms with Crippen LogP contribution in [0.3, 0.4) is 0 Å². The van der Waals surface area contributed by atoms with Crippen LogP contribution in [0.2, 0.25) is 0 Å². The van der Waals surface area contributed by atoms with Crippen molar-refractivity contribution >= 4 is 12.0 Å². The molecule has 22 heavy (non-hydrogen) atoms. The summed E-state index contributed by atoms with van der Waals surface area (Å²) in [6.45, 7) is 0.880. The minimum atomic E-state index is -0.890. The molecular weight excluding hydrogens is 280 g/mol. The molecule has 0 aromatic heterocycles. The van der Waals surface area contributed by atoms with Gasteiger partial charge in [0.2, 0.25) is 0 Å². The molecule has 0 unspecified atom stereocenters. The lowest BCUT2D eigenvalue weighted by molar-refractivity contribution is -0.137. The average molecular weight is 304 g/mol. The Morgan fingerprint density at radius 3 is 2.50 bits per heavy atom. The highest BCUT2D eigenvalue weighted by Crippen LogP contribution is 2.43. The van der Waals surface area contributed by atoms with E-state index in [-0.39, 0.29) is 24.4 Å². The van der Waals surface area contributed by atoms with E-state index in [0.29, 0.717) is 6.54 Å². The van der Waals surface area contributed by atoms with E-state index in [1.807, 2.05) is 18.2 Å². The second kappa shape index (κ2) is 7.29. The Kier molecular flexibility index (Phi) is 5.41. The average Bonchev–Trinajstić information content (AvgIpc) is 2.48. The Labute approximate surface area is 131 Å². The topological polar surface area (TPSA) is 69.6 Å². The number of nitrogens with zero attached hydrogens (tertiary/aromatic N) is 1. The first-order chi connectivity index (χ1) is 10.5. The monoisotopic (exact) mass is 304 g/mol. The maximum absolute atomic E-state index is 12.0. The fourth-order valence-electron chi connectivity index (χ4n) is 2.88. The highest BCUT2D eigenvalue weighted by atomic mass is 16.4. The molecule has 2 N–H and O–H groups in total. The zero-order valence-corrected chi connectivity index (χ0v) is 13.0. The molecule has 1 saturated carbocycles. The van der Waals surface area contributed by atoms with Gasteiger partial charge < -0.3 is 15.3 Å². The first kappa shape index (κ1) is 16.3. The van der Waals surface area contributed by atoms with Crippen molar-refractivity contribution in [2.45, 2.75) is 32.1 Å². The van der Waals surface area contributed by atoms with E-state index >= 15 is 0 Å². The summed E-state index contributed by atoms with van der Waals surface area (Å²) in [4.78, 5) is 24.0. The molecule has 1 aliphatic rings. The van der Waals surface area contributed by atoms with Crippen LogP contribution in [0.25, 0.3) is 0 Å². The van der Waals surface area contributed by atoms with Crippen molar-refractivity contribution in [3.8, 4) is 0 Å². The summed E-state index contributed by atoms with van der Waals surface area (Å²) in [5.41, 5.74) is 1.46. The number of urea groups is 1. The predicted octanol–water partition coefficient (Wildman–Crippen LogP) is 2.52. The number of amides is 2. The summed E-state index contributed by atoms with van der Waals surface area (Å²) in [6.07, 6.45) is 4.41. The van der Waals surface area contributed by atoms with Gasteiger partial charge in [0, 0.05) is 20.1 Å². The third-order valence-electron chi connectivity index (χ3n) is 4.46. The summed E-state index contributed by atoms with van der Waals surface area (Å²) in [5.74, 6) is -0.890. The van der Waals surface area contributed by atoms with Crippen molar-refractivity contribution in [3.05, 3.63) is 35.9 Å². The number of hydrogen-bond acceptors (Lipinski definition) is 2. The first-order valence-corrected chi connectivity index (χ1v) is 7.75. The van der Waals surface area contributed by atoms with E-state index in [0.717, 1.165) is 19.3 Å². The third-order valence-corrected chi connectivity index (χ3v) is 4.46. The quantitative estimate of drug-likeness (QED) is 0.813. The Hall–Kier alpha value is -2.04. The minimum Gasteiger partial charge on any atom is -0.481 e. The standard InChI is InChI=1S/C17H24N2O3/c1-19(11-8-15(20)21)16(22)18-13-17(9-5-10-17)12-14-6-3-2-4-7-14/h2-4,6-7H,5,8-13H2,1H3,(H,18,22)(H,20,21). The molecule has 0 atom stereocenters. The highest BCUT2D eigenvalue weighted by Gasteiger charge is 2.37. The number of aliphatic carboxylic acids is 1. The lowest BCUT2D eigenvalue weighted by atomic mass is 9.65. The third kappa shape index (κ3) is 4.48. The van der Waals surface area contributed by atoms with Gasteiger partial charge in [0.15, 0.2) is 0 Å². The zero-order chi connectivity index (χ0) is 16.0. The molecule has 0 heterocycles. The number of benzene rings is 1. The van der Waals surface area contributed by atoms with Crippen LogP contribution < -0.4 is 5.32 Å². The molecule has 0 saturated heterocycles. The molecule has 0 bridgehead atoms. The summed E-state index contributed by atoms with van der Waals surface area (Å²) in [5, 5.41) is 11.6. The molecule has 1 aromatic carbocycles. The Morgan fingerprint density at radius 1 is 1.27 bits per heavy atom. The number of carboxylic acids is 1. The fraction of sp³-hybridized carbons (Fsp3) is 0.529. The summed E-state index contributed by atoms with van der Waals surface area (Å²) in [6, 6.07) is 10.2. The molecular formula is C17H24N2O3. The molecule has 1 aromatic rings. The second-order valence-corrected chi connectivity index (χ2v) is 6.24. The van der Waals surface area contributed by atoms with Gasteiger partial charge >= 0.3 is 12.0 Å².